The fraction of sp³-hybridized carbons (Fsp3) is 0.500. The largest absolute Gasteiger partial charge is 0.375 e. The van der Waals surface area contributed by atoms with Crippen LogP contribution in [0.25, 0.3) is 10.9 Å². The molecule has 23 heavy (non-hydrogen) atoms. The molecule has 2 aliphatic rings. The number of hydrogen-bond donors (Lipinski definition) is 1. The highest BCUT2D eigenvalue weighted by molar-refractivity contribution is 5.78. The molecule has 0 saturated carbocycles. The van der Waals surface area contributed by atoms with E-state index < -0.39 is 17.1 Å². The first kappa shape index (κ1) is 14.6. The number of aromatic nitrogens is 2. The number of benzene rings is 1. The summed E-state index contributed by atoms with van der Waals surface area (Å²) in [5.74, 6) is -0.462. The average Bonchev–Trinajstić information content (AvgIpc) is 2.91. The molecule has 7 heteroatoms. The van der Waals surface area contributed by atoms with E-state index in [1.807, 2.05) is 0 Å². The summed E-state index contributed by atoms with van der Waals surface area (Å²) in [6.07, 6.45) is 1.44. The van der Waals surface area contributed by atoms with Crippen LogP contribution in [0.5, 0.6) is 0 Å². The summed E-state index contributed by atoms with van der Waals surface area (Å²) >= 11 is 0. The molecule has 2 aliphatic heterocycles. The van der Waals surface area contributed by atoms with Crippen LogP contribution in [0.2, 0.25) is 0 Å². The summed E-state index contributed by atoms with van der Waals surface area (Å²) in [5.41, 5.74) is -0.483. The van der Waals surface area contributed by atoms with Gasteiger partial charge in [0.25, 0.3) is 5.56 Å². The van der Waals surface area contributed by atoms with E-state index in [-0.39, 0.29) is 23.6 Å². The second kappa shape index (κ2) is 5.01. The molecule has 1 aromatic heterocycles. The summed E-state index contributed by atoms with van der Waals surface area (Å²) < 4.78 is 26.0. The van der Waals surface area contributed by atoms with Crippen molar-refractivity contribution in [1.82, 2.24) is 9.55 Å². The first-order chi connectivity index (χ1) is 11.0. The standard InChI is InChI=1S/C16H17FN2O4/c1-9-4-13-11(5-12(9)17)14(20)19(15(21)18-13)6-10-2-3-16(23-10)7-22-8-16/h4-5,10H,2-3,6-8H2,1H3,(H,18,21). The zero-order valence-corrected chi connectivity index (χ0v) is 12.7. The number of fused-ring (bicyclic) bond motifs is 1. The summed E-state index contributed by atoms with van der Waals surface area (Å²) in [7, 11) is 0. The molecule has 6 nitrogen and oxygen atoms in total. The van der Waals surface area contributed by atoms with Crippen LogP contribution in [0.4, 0.5) is 4.39 Å². The fourth-order valence-corrected chi connectivity index (χ4v) is 3.32. The minimum Gasteiger partial charge on any atom is -0.375 e. The van der Waals surface area contributed by atoms with Crippen LogP contribution >= 0.6 is 0 Å². The summed E-state index contributed by atoms with van der Waals surface area (Å²) in [4.78, 5) is 27.4. The molecule has 1 atom stereocenters. The van der Waals surface area contributed by atoms with Gasteiger partial charge >= 0.3 is 5.69 Å². The lowest BCUT2D eigenvalue weighted by Gasteiger charge is -2.37. The third-order valence-electron chi connectivity index (χ3n) is 4.72. The second-order valence-electron chi connectivity index (χ2n) is 6.45. The Morgan fingerprint density at radius 3 is 2.83 bits per heavy atom. The Hall–Kier alpha value is -1.99. The Morgan fingerprint density at radius 2 is 2.17 bits per heavy atom. The molecule has 1 spiro atoms. The maximum atomic E-state index is 13.7. The number of nitrogens with one attached hydrogen (secondary N) is 1. The number of aromatic amines is 1. The number of nitrogens with zero attached hydrogens (tertiary/aromatic N) is 1. The van der Waals surface area contributed by atoms with Gasteiger partial charge in [0, 0.05) is 0 Å². The van der Waals surface area contributed by atoms with Crippen molar-refractivity contribution < 1.29 is 13.9 Å². The van der Waals surface area contributed by atoms with E-state index in [1.54, 1.807) is 6.92 Å². The smallest absolute Gasteiger partial charge is 0.328 e. The van der Waals surface area contributed by atoms with Gasteiger partial charge in [0.1, 0.15) is 11.4 Å². The van der Waals surface area contributed by atoms with Crippen molar-refractivity contribution in [1.29, 1.82) is 0 Å². The SMILES string of the molecule is Cc1cc2[nH]c(=O)n(CC3CCC4(COC4)O3)c(=O)c2cc1F. The van der Waals surface area contributed by atoms with Gasteiger partial charge in [-0.1, -0.05) is 0 Å². The molecule has 2 aromatic rings. The molecule has 4 rings (SSSR count). The van der Waals surface area contributed by atoms with Crippen molar-refractivity contribution in [3.05, 3.63) is 44.4 Å². The zero-order valence-electron chi connectivity index (χ0n) is 12.7. The molecule has 1 N–H and O–H groups in total. The highest BCUT2D eigenvalue weighted by Gasteiger charge is 2.46. The molecule has 0 aliphatic carbocycles. The van der Waals surface area contributed by atoms with E-state index in [0.29, 0.717) is 24.3 Å². The number of H-pyrrole nitrogens is 1. The Labute approximate surface area is 130 Å². The van der Waals surface area contributed by atoms with Gasteiger partial charge in [0.15, 0.2) is 0 Å². The van der Waals surface area contributed by atoms with Crippen LogP contribution < -0.4 is 11.2 Å². The lowest BCUT2D eigenvalue weighted by Crippen LogP contribution is -2.50. The van der Waals surface area contributed by atoms with Gasteiger partial charge in [0.2, 0.25) is 0 Å². The molecule has 1 aromatic carbocycles. The zero-order chi connectivity index (χ0) is 16.2. The van der Waals surface area contributed by atoms with Crippen LogP contribution in [0.1, 0.15) is 18.4 Å². The van der Waals surface area contributed by atoms with Gasteiger partial charge < -0.3 is 14.5 Å². The van der Waals surface area contributed by atoms with E-state index in [4.69, 9.17) is 9.47 Å². The Balaban J connectivity index is 1.71. The highest BCUT2D eigenvalue weighted by atomic mass is 19.1. The molecule has 2 fully saturated rings. The third kappa shape index (κ3) is 2.31. The van der Waals surface area contributed by atoms with Gasteiger partial charge in [0.05, 0.1) is 36.8 Å². The number of hydrogen-bond acceptors (Lipinski definition) is 4. The molecule has 2 saturated heterocycles. The van der Waals surface area contributed by atoms with E-state index in [2.05, 4.69) is 4.98 Å². The predicted octanol–water partition coefficient (Wildman–Crippen LogP) is 1.09. The summed E-state index contributed by atoms with van der Waals surface area (Å²) in [6.45, 7) is 2.89. The maximum Gasteiger partial charge on any atom is 0.328 e. The van der Waals surface area contributed by atoms with E-state index >= 15 is 0 Å². The molecule has 0 bridgehead atoms. The lowest BCUT2D eigenvalue weighted by molar-refractivity contribution is -0.201. The van der Waals surface area contributed by atoms with Crippen LogP contribution in [-0.2, 0) is 16.0 Å². The molecule has 122 valence electrons. The van der Waals surface area contributed by atoms with Crippen molar-refractivity contribution in [2.75, 3.05) is 13.2 Å². The van der Waals surface area contributed by atoms with Gasteiger partial charge in [-0.3, -0.25) is 9.36 Å². The van der Waals surface area contributed by atoms with Crippen molar-refractivity contribution >= 4 is 10.9 Å². The highest BCUT2D eigenvalue weighted by Crippen LogP contribution is 2.36. The number of aryl methyl sites for hydroxylation is 1. The van der Waals surface area contributed by atoms with Crippen molar-refractivity contribution in [3.63, 3.8) is 0 Å². The van der Waals surface area contributed by atoms with Crippen molar-refractivity contribution in [2.45, 2.75) is 38.0 Å². The van der Waals surface area contributed by atoms with Crippen LogP contribution in [0.15, 0.2) is 21.7 Å². The van der Waals surface area contributed by atoms with Crippen molar-refractivity contribution in [2.24, 2.45) is 0 Å². The number of ether oxygens (including phenoxy) is 2. The Bertz CT molecular complexity index is 897. The summed E-state index contributed by atoms with van der Waals surface area (Å²) in [6, 6.07) is 2.65. The Kier molecular flexibility index (Phi) is 3.18. The van der Waals surface area contributed by atoms with Gasteiger partial charge in [-0.2, -0.15) is 0 Å². The maximum absolute atomic E-state index is 13.7. The van der Waals surface area contributed by atoms with Gasteiger partial charge in [-0.25, -0.2) is 9.18 Å². The monoisotopic (exact) mass is 320 g/mol. The molecule has 0 radical (unpaired) electrons. The first-order valence-electron chi connectivity index (χ1n) is 7.66. The minimum atomic E-state index is -0.497. The normalized spacial score (nSPS) is 22.6. The van der Waals surface area contributed by atoms with Crippen LogP contribution in [0, 0.1) is 12.7 Å². The van der Waals surface area contributed by atoms with Crippen LogP contribution in [-0.4, -0.2) is 34.5 Å². The molecule has 1 unspecified atom stereocenters. The summed E-state index contributed by atoms with van der Waals surface area (Å²) in [5, 5.41) is 0.174. The molecular weight excluding hydrogens is 303 g/mol. The molecule has 3 heterocycles. The molecular formula is C16H17FN2O4. The van der Waals surface area contributed by atoms with Gasteiger partial charge in [-0.15, -0.1) is 0 Å². The van der Waals surface area contributed by atoms with E-state index in [9.17, 15) is 14.0 Å². The van der Waals surface area contributed by atoms with E-state index in [1.165, 1.54) is 12.1 Å². The Morgan fingerprint density at radius 1 is 1.39 bits per heavy atom. The average molecular weight is 320 g/mol. The van der Waals surface area contributed by atoms with Crippen molar-refractivity contribution in [3.8, 4) is 0 Å². The number of halogens is 1. The fourth-order valence-electron chi connectivity index (χ4n) is 3.32. The minimum absolute atomic E-state index is 0.168. The number of rotatable bonds is 2. The quantitative estimate of drug-likeness (QED) is 0.899. The predicted molar refractivity (Wildman–Crippen MR) is 81.2 cm³/mol. The van der Waals surface area contributed by atoms with Crippen LogP contribution in [0.3, 0.4) is 0 Å². The van der Waals surface area contributed by atoms with Gasteiger partial charge in [-0.05, 0) is 37.5 Å². The first-order valence-corrected chi connectivity index (χ1v) is 7.66. The van der Waals surface area contributed by atoms with E-state index in [0.717, 1.165) is 17.4 Å². The second-order valence-corrected chi connectivity index (χ2v) is 6.45. The molecule has 0 amide bonds. The third-order valence-corrected chi connectivity index (χ3v) is 4.72. The lowest BCUT2D eigenvalue weighted by atomic mass is 9.98. The topological polar surface area (TPSA) is 73.3 Å².